The van der Waals surface area contributed by atoms with Gasteiger partial charge in [-0.1, -0.05) is 32.4 Å². The van der Waals surface area contributed by atoms with Crippen molar-refractivity contribution in [2.75, 3.05) is 6.61 Å². The zero-order valence-electron chi connectivity index (χ0n) is 16.9. The zero-order chi connectivity index (χ0) is 20.4. The van der Waals surface area contributed by atoms with Gasteiger partial charge in [0.1, 0.15) is 9.30 Å². The smallest absolute Gasteiger partial charge is 0.434 e. The van der Waals surface area contributed by atoms with Crippen LogP contribution in [-0.4, -0.2) is 29.0 Å². The third kappa shape index (κ3) is 7.56. The van der Waals surface area contributed by atoms with Gasteiger partial charge in [-0.05, 0) is 73.8 Å². The normalized spacial score (nSPS) is 15.6. The first-order chi connectivity index (χ1) is 12.3. The van der Waals surface area contributed by atoms with Crippen molar-refractivity contribution in [1.29, 1.82) is 0 Å². The molecular weight excluding hydrogens is 479 g/mol. The third-order valence-electron chi connectivity index (χ3n) is 3.98. The zero-order valence-corrected chi connectivity index (χ0v) is 19.8. The second-order valence-electron chi connectivity index (χ2n) is 8.95. The van der Waals surface area contributed by atoms with Gasteiger partial charge in [-0.25, -0.2) is 9.78 Å². The molecule has 1 aliphatic rings. The maximum Gasteiger partial charge on any atom is 0.434 e. The Labute approximate surface area is 180 Å². The van der Waals surface area contributed by atoms with Crippen LogP contribution in [0, 0.1) is 15.0 Å². The second-order valence-corrected chi connectivity index (χ2v) is 10.3. The first-order valence-corrected chi connectivity index (χ1v) is 10.6. The van der Waals surface area contributed by atoms with Crippen molar-refractivity contribution < 1.29 is 14.3 Å². The Kier molecular flexibility index (Phi) is 7.17. The lowest BCUT2D eigenvalue weighted by molar-refractivity contribution is 0.0602. The predicted octanol–water partition coefficient (Wildman–Crippen LogP) is 6.09. The Morgan fingerprint density at radius 3 is 2.44 bits per heavy atom. The highest BCUT2D eigenvalue weighted by Gasteiger charge is 2.26. The van der Waals surface area contributed by atoms with Gasteiger partial charge in [0.2, 0.25) is 0 Å². The molecule has 1 fully saturated rings. The van der Waals surface area contributed by atoms with Gasteiger partial charge in [0, 0.05) is 17.5 Å². The number of carbonyl (C=O) groups is 1. The van der Waals surface area contributed by atoms with Crippen molar-refractivity contribution in [3.63, 3.8) is 0 Å². The number of halogens is 2. The molecule has 0 spiro atoms. The molecule has 0 radical (unpaired) electrons. The van der Waals surface area contributed by atoms with E-state index >= 15 is 0 Å². The first-order valence-electron chi connectivity index (χ1n) is 9.14. The minimum absolute atomic E-state index is 0.297. The summed E-state index contributed by atoms with van der Waals surface area (Å²) < 4.78 is 12.0. The molecule has 0 N–H and O–H groups in total. The van der Waals surface area contributed by atoms with E-state index in [4.69, 9.17) is 21.1 Å². The maximum atomic E-state index is 12.2. The van der Waals surface area contributed by atoms with Crippen LogP contribution in [0.3, 0.4) is 0 Å². The van der Waals surface area contributed by atoms with Gasteiger partial charge in [0.25, 0.3) is 0 Å². The van der Waals surface area contributed by atoms with Gasteiger partial charge in [-0.15, -0.1) is 0 Å². The molecule has 7 heteroatoms. The number of rotatable bonds is 5. The summed E-state index contributed by atoms with van der Waals surface area (Å²) >= 11 is 8.40. The van der Waals surface area contributed by atoms with Crippen molar-refractivity contribution in [2.45, 2.75) is 66.4 Å². The molecule has 0 aliphatic heterocycles. The first kappa shape index (κ1) is 22.4. The molecule has 5 nitrogen and oxygen atoms in total. The van der Waals surface area contributed by atoms with E-state index in [2.05, 4.69) is 32.6 Å². The minimum Gasteiger partial charge on any atom is -0.490 e. The summed E-state index contributed by atoms with van der Waals surface area (Å²) in [4.78, 5) is 20.9. The van der Waals surface area contributed by atoms with Crippen LogP contribution in [0.2, 0.25) is 5.15 Å². The monoisotopic (exact) mass is 506 g/mol. The molecule has 1 aromatic rings. The van der Waals surface area contributed by atoms with Crippen molar-refractivity contribution >= 4 is 46.0 Å². The largest absolute Gasteiger partial charge is 0.490 e. The second kappa shape index (κ2) is 8.64. The van der Waals surface area contributed by atoms with E-state index < -0.39 is 11.7 Å². The molecule has 0 bridgehead atoms. The molecule has 0 atom stereocenters. The van der Waals surface area contributed by atoms with Crippen LogP contribution in [0.1, 0.15) is 59.9 Å². The van der Waals surface area contributed by atoms with Crippen LogP contribution in [0.5, 0.6) is 5.75 Å². The fraction of sp³-hybridized carbons (Fsp3) is 0.650. The minimum atomic E-state index is -0.580. The number of aliphatic imine (C=N–C) groups is 1. The molecular formula is C20H28ClIN2O3. The van der Waals surface area contributed by atoms with E-state index in [1.807, 2.05) is 47.6 Å². The Morgan fingerprint density at radius 2 is 1.93 bits per heavy atom. The van der Waals surface area contributed by atoms with Gasteiger partial charge in [0.15, 0.2) is 10.9 Å². The summed E-state index contributed by atoms with van der Waals surface area (Å²) in [5.74, 6) is 1.21. The van der Waals surface area contributed by atoms with E-state index in [-0.39, 0.29) is 5.41 Å². The number of carbonyl (C=O) groups excluding carboxylic acids is 1. The topological polar surface area (TPSA) is 60.8 Å². The lowest BCUT2D eigenvalue weighted by atomic mass is 9.86. The number of pyridine rings is 1. The molecule has 150 valence electrons. The Balaban J connectivity index is 2.25. The number of aromatic nitrogens is 1. The third-order valence-corrected chi connectivity index (χ3v) is 5.19. The van der Waals surface area contributed by atoms with Gasteiger partial charge in [-0.3, -0.25) is 0 Å². The highest BCUT2D eigenvalue weighted by molar-refractivity contribution is 14.1. The highest BCUT2D eigenvalue weighted by atomic mass is 127. The summed E-state index contributed by atoms with van der Waals surface area (Å²) in [6.07, 6.45) is 2.32. The lowest BCUT2D eigenvalue weighted by Gasteiger charge is -2.23. The average Bonchev–Trinajstić information content (AvgIpc) is 3.29. The molecule has 1 saturated carbocycles. The average molecular weight is 507 g/mol. The fourth-order valence-corrected chi connectivity index (χ4v) is 3.18. The number of hydrogen-bond acceptors (Lipinski definition) is 4. The Bertz CT molecular complexity index is 732. The number of amides is 1. The summed E-state index contributed by atoms with van der Waals surface area (Å²) in [6.45, 7) is 12.2. The highest BCUT2D eigenvalue weighted by Crippen LogP contribution is 2.33. The standard InChI is InChI=1S/C20H28ClIN2O3/c1-19(2,3)15(23-18(25)27-20(4,5)6)10-13-9-14(16(21)24-17(13)22)26-11-12-7-8-12/h9,12H,7-8,10-11H2,1-6H3/b23-15-. The predicted molar refractivity (Wildman–Crippen MR) is 117 cm³/mol. The fourth-order valence-electron chi connectivity index (χ4n) is 2.26. The van der Waals surface area contributed by atoms with Gasteiger partial charge < -0.3 is 9.47 Å². The SMILES string of the molecule is CC(C)(C)OC(=O)/N=C(/Cc1cc(OCC2CC2)c(Cl)nc1I)C(C)(C)C. The van der Waals surface area contributed by atoms with Crippen LogP contribution < -0.4 is 4.74 Å². The van der Waals surface area contributed by atoms with E-state index in [0.717, 1.165) is 15.0 Å². The number of nitrogens with zero attached hydrogens (tertiary/aromatic N) is 2. The molecule has 1 amide bonds. The van der Waals surface area contributed by atoms with Crippen molar-refractivity contribution in [3.8, 4) is 5.75 Å². The Hall–Kier alpha value is -0.890. The molecule has 0 aromatic carbocycles. The van der Waals surface area contributed by atoms with Crippen molar-refractivity contribution in [2.24, 2.45) is 16.3 Å². The molecule has 2 rings (SSSR count). The molecule has 27 heavy (non-hydrogen) atoms. The van der Waals surface area contributed by atoms with E-state index in [0.29, 0.717) is 29.8 Å². The summed E-state index contributed by atoms with van der Waals surface area (Å²) in [5.41, 5.74) is 0.785. The van der Waals surface area contributed by atoms with Crippen LogP contribution in [0.4, 0.5) is 4.79 Å². The van der Waals surface area contributed by atoms with Crippen LogP contribution >= 0.6 is 34.2 Å². The molecule has 0 saturated heterocycles. The summed E-state index contributed by atoms with van der Waals surface area (Å²) in [5, 5.41) is 0.366. The Morgan fingerprint density at radius 1 is 1.30 bits per heavy atom. The van der Waals surface area contributed by atoms with E-state index in [1.54, 1.807) is 0 Å². The summed E-state index contributed by atoms with van der Waals surface area (Å²) in [7, 11) is 0. The number of ether oxygens (including phenoxy) is 2. The van der Waals surface area contributed by atoms with Crippen LogP contribution in [-0.2, 0) is 11.2 Å². The molecule has 1 heterocycles. The quantitative estimate of drug-likeness (QED) is 0.275. The van der Waals surface area contributed by atoms with E-state index in [9.17, 15) is 4.79 Å². The van der Waals surface area contributed by atoms with Gasteiger partial charge in [-0.2, -0.15) is 4.99 Å². The van der Waals surface area contributed by atoms with E-state index in [1.165, 1.54) is 12.8 Å². The van der Waals surface area contributed by atoms with Crippen LogP contribution in [0.15, 0.2) is 11.1 Å². The van der Waals surface area contributed by atoms with Gasteiger partial charge >= 0.3 is 6.09 Å². The van der Waals surface area contributed by atoms with Crippen molar-refractivity contribution in [1.82, 2.24) is 4.98 Å². The maximum absolute atomic E-state index is 12.2. The summed E-state index contributed by atoms with van der Waals surface area (Å²) in [6, 6.07) is 1.91. The van der Waals surface area contributed by atoms with Crippen molar-refractivity contribution in [3.05, 3.63) is 20.5 Å². The molecule has 0 unspecified atom stereocenters. The number of hydrogen-bond donors (Lipinski definition) is 0. The van der Waals surface area contributed by atoms with Crippen LogP contribution in [0.25, 0.3) is 0 Å². The van der Waals surface area contributed by atoms with Gasteiger partial charge in [0.05, 0.1) is 6.61 Å². The molecule has 1 aliphatic carbocycles. The lowest BCUT2D eigenvalue weighted by Crippen LogP contribution is -2.27. The molecule has 1 aromatic heterocycles.